The summed E-state index contributed by atoms with van der Waals surface area (Å²) in [5, 5.41) is 6.61. The number of guanidine groups is 1. The van der Waals surface area contributed by atoms with Crippen LogP contribution in [0.3, 0.4) is 0 Å². The average Bonchev–Trinajstić information content (AvgIpc) is 2.79. The number of benzene rings is 1. The first-order valence-electron chi connectivity index (χ1n) is 10.7. The summed E-state index contributed by atoms with van der Waals surface area (Å²) in [5.41, 5.74) is 1.02. The van der Waals surface area contributed by atoms with Crippen molar-refractivity contribution in [2.75, 3.05) is 39.5 Å². The van der Waals surface area contributed by atoms with Gasteiger partial charge < -0.3 is 24.8 Å². The molecule has 2 rings (SSSR count). The van der Waals surface area contributed by atoms with Gasteiger partial charge in [0.25, 0.3) is 0 Å². The standard InChI is InChI=1S/C23H34N4O3.HI/c1-3-24-23(25-14-8-9-15-28-4-2)27-19-20-12-13-22(26-18-20)30-17-16-29-21-10-6-5-7-11-21;/h5-7,10-13,18H,3-4,8-9,14-17,19H2,1-2H3,(H2,24,25,27);1H. The first-order valence-corrected chi connectivity index (χ1v) is 10.7. The van der Waals surface area contributed by atoms with Crippen LogP contribution in [0.1, 0.15) is 32.3 Å². The fourth-order valence-corrected chi connectivity index (χ4v) is 2.60. The van der Waals surface area contributed by atoms with Gasteiger partial charge in [-0.2, -0.15) is 0 Å². The molecule has 0 saturated carbocycles. The van der Waals surface area contributed by atoms with E-state index in [4.69, 9.17) is 14.2 Å². The molecule has 8 heteroatoms. The van der Waals surface area contributed by atoms with E-state index in [0.717, 1.165) is 56.4 Å². The minimum atomic E-state index is 0. The van der Waals surface area contributed by atoms with Crippen LogP contribution in [0.15, 0.2) is 53.7 Å². The van der Waals surface area contributed by atoms with Gasteiger partial charge in [0, 0.05) is 38.6 Å². The lowest BCUT2D eigenvalue weighted by Crippen LogP contribution is -2.37. The molecule has 0 amide bonds. The van der Waals surface area contributed by atoms with Crippen LogP contribution in [-0.2, 0) is 11.3 Å². The summed E-state index contributed by atoms with van der Waals surface area (Å²) < 4.78 is 16.6. The molecule has 0 aliphatic heterocycles. The monoisotopic (exact) mass is 542 g/mol. The quantitative estimate of drug-likeness (QED) is 0.163. The van der Waals surface area contributed by atoms with Crippen LogP contribution in [-0.4, -0.2) is 50.5 Å². The molecule has 0 radical (unpaired) electrons. The van der Waals surface area contributed by atoms with Crippen molar-refractivity contribution in [2.24, 2.45) is 4.99 Å². The van der Waals surface area contributed by atoms with Crippen molar-refractivity contribution in [2.45, 2.75) is 33.2 Å². The van der Waals surface area contributed by atoms with Crippen molar-refractivity contribution in [1.82, 2.24) is 15.6 Å². The number of pyridine rings is 1. The summed E-state index contributed by atoms with van der Waals surface area (Å²) in [6.45, 7) is 8.82. The molecule has 0 aliphatic carbocycles. The number of ether oxygens (including phenoxy) is 3. The molecule has 0 fully saturated rings. The summed E-state index contributed by atoms with van der Waals surface area (Å²) in [6, 6.07) is 13.5. The predicted octanol–water partition coefficient (Wildman–Crippen LogP) is 4.03. The number of para-hydroxylation sites is 1. The van der Waals surface area contributed by atoms with E-state index in [1.165, 1.54) is 0 Å². The molecule has 1 aromatic heterocycles. The Balaban J connectivity index is 0.00000480. The molecule has 0 atom stereocenters. The number of halogens is 1. The number of hydrogen-bond acceptors (Lipinski definition) is 5. The number of hydrogen-bond donors (Lipinski definition) is 2. The Bertz CT molecular complexity index is 715. The highest BCUT2D eigenvalue weighted by molar-refractivity contribution is 14.0. The minimum Gasteiger partial charge on any atom is -0.490 e. The maximum atomic E-state index is 5.63. The largest absolute Gasteiger partial charge is 0.490 e. The molecule has 0 unspecified atom stereocenters. The number of aliphatic imine (C=N–C) groups is 1. The van der Waals surface area contributed by atoms with Crippen LogP contribution in [0.4, 0.5) is 0 Å². The predicted molar refractivity (Wildman–Crippen MR) is 136 cm³/mol. The van der Waals surface area contributed by atoms with E-state index in [-0.39, 0.29) is 24.0 Å². The third kappa shape index (κ3) is 12.4. The maximum absolute atomic E-state index is 5.63. The van der Waals surface area contributed by atoms with Gasteiger partial charge in [-0.05, 0) is 44.4 Å². The topological polar surface area (TPSA) is 77.0 Å². The SMILES string of the molecule is CCNC(=NCc1ccc(OCCOc2ccccc2)nc1)NCCCCOCC.I. The number of aromatic nitrogens is 1. The molecule has 2 N–H and O–H groups in total. The van der Waals surface area contributed by atoms with Crippen LogP contribution >= 0.6 is 24.0 Å². The van der Waals surface area contributed by atoms with Crippen LogP contribution in [0.25, 0.3) is 0 Å². The van der Waals surface area contributed by atoms with E-state index in [1.54, 1.807) is 6.20 Å². The lowest BCUT2D eigenvalue weighted by atomic mass is 10.3. The molecule has 31 heavy (non-hydrogen) atoms. The fourth-order valence-electron chi connectivity index (χ4n) is 2.60. The van der Waals surface area contributed by atoms with E-state index in [0.29, 0.717) is 25.6 Å². The van der Waals surface area contributed by atoms with Gasteiger partial charge in [-0.1, -0.05) is 24.3 Å². The van der Waals surface area contributed by atoms with Crippen molar-refractivity contribution in [3.05, 3.63) is 54.2 Å². The summed E-state index contributed by atoms with van der Waals surface area (Å²) in [7, 11) is 0. The van der Waals surface area contributed by atoms with Crippen molar-refractivity contribution in [3.8, 4) is 11.6 Å². The van der Waals surface area contributed by atoms with Crippen molar-refractivity contribution in [3.63, 3.8) is 0 Å². The summed E-state index contributed by atoms with van der Waals surface area (Å²) in [5.74, 6) is 2.23. The molecule has 2 aromatic rings. The molecule has 0 aliphatic rings. The van der Waals surface area contributed by atoms with Gasteiger partial charge in [-0.3, -0.25) is 0 Å². The lowest BCUT2D eigenvalue weighted by Gasteiger charge is -2.11. The third-order valence-corrected chi connectivity index (χ3v) is 4.12. The van der Waals surface area contributed by atoms with Gasteiger partial charge in [0.1, 0.15) is 19.0 Å². The van der Waals surface area contributed by atoms with E-state index in [9.17, 15) is 0 Å². The second kappa shape index (κ2) is 17.6. The molecule has 7 nitrogen and oxygen atoms in total. The summed E-state index contributed by atoms with van der Waals surface area (Å²) in [6.07, 6.45) is 3.89. The fraction of sp³-hybridized carbons (Fsp3) is 0.478. The third-order valence-electron chi connectivity index (χ3n) is 4.12. The summed E-state index contributed by atoms with van der Waals surface area (Å²) in [4.78, 5) is 8.97. The van der Waals surface area contributed by atoms with Crippen LogP contribution in [0, 0.1) is 0 Å². The number of nitrogens with zero attached hydrogens (tertiary/aromatic N) is 2. The molecule has 0 spiro atoms. The number of nitrogens with one attached hydrogen (secondary N) is 2. The van der Waals surface area contributed by atoms with Gasteiger partial charge in [0.15, 0.2) is 5.96 Å². The Morgan fingerprint density at radius 1 is 0.935 bits per heavy atom. The van der Waals surface area contributed by atoms with Crippen LogP contribution in [0.2, 0.25) is 0 Å². The highest BCUT2D eigenvalue weighted by atomic mass is 127. The Morgan fingerprint density at radius 3 is 2.45 bits per heavy atom. The number of rotatable bonds is 14. The Kier molecular flexibility index (Phi) is 15.3. The smallest absolute Gasteiger partial charge is 0.213 e. The average molecular weight is 542 g/mol. The highest BCUT2D eigenvalue weighted by Gasteiger charge is 2.00. The second-order valence-corrected chi connectivity index (χ2v) is 6.54. The van der Waals surface area contributed by atoms with Gasteiger partial charge in [0.2, 0.25) is 5.88 Å². The van der Waals surface area contributed by atoms with Gasteiger partial charge in [-0.15, -0.1) is 24.0 Å². The van der Waals surface area contributed by atoms with E-state index in [1.807, 2.05) is 49.4 Å². The Morgan fingerprint density at radius 2 is 1.74 bits per heavy atom. The Labute approximate surface area is 203 Å². The molecule has 172 valence electrons. The van der Waals surface area contributed by atoms with Gasteiger partial charge in [0.05, 0.1) is 6.54 Å². The van der Waals surface area contributed by atoms with E-state index < -0.39 is 0 Å². The lowest BCUT2D eigenvalue weighted by molar-refractivity contribution is 0.143. The number of unbranched alkanes of at least 4 members (excludes halogenated alkanes) is 1. The zero-order chi connectivity index (χ0) is 21.3. The molecule has 1 heterocycles. The maximum Gasteiger partial charge on any atom is 0.213 e. The second-order valence-electron chi connectivity index (χ2n) is 6.54. The van der Waals surface area contributed by atoms with Crippen molar-refractivity contribution >= 4 is 29.9 Å². The first-order chi connectivity index (χ1) is 14.8. The van der Waals surface area contributed by atoms with Gasteiger partial charge in [-0.25, -0.2) is 9.98 Å². The first kappa shape index (κ1) is 27.0. The molecular formula is C23H35IN4O3. The molecule has 1 aromatic carbocycles. The molecular weight excluding hydrogens is 507 g/mol. The zero-order valence-electron chi connectivity index (χ0n) is 18.5. The minimum absolute atomic E-state index is 0. The van der Waals surface area contributed by atoms with Crippen molar-refractivity contribution in [1.29, 1.82) is 0 Å². The highest BCUT2D eigenvalue weighted by Crippen LogP contribution is 2.10. The zero-order valence-corrected chi connectivity index (χ0v) is 20.8. The molecule has 0 bridgehead atoms. The van der Waals surface area contributed by atoms with E-state index >= 15 is 0 Å². The Hall–Kier alpha value is -2.07. The van der Waals surface area contributed by atoms with Gasteiger partial charge >= 0.3 is 0 Å². The van der Waals surface area contributed by atoms with E-state index in [2.05, 4.69) is 27.5 Å². The van der Waals surface area contributed by atoms with Crippen LogP contribution in [0.5, 0.6) is 11.6 Å². The summed E-state index contributed by atoms with van der Waals surface area (Å²) >= 11 is 0. The van der Waals surface area contributed by atoms with Crippen LogP contribution < -0.4 is 20.1 Å². The molecule has 0 saturated heterocycles. The normalized spacial score (nSPS) is 10.8. The van der Waals surface area contributed by atoms with Crippen molar-refractivity contribution < 1.29 is 14.2 Å².